The molecule has 0 bridgehead atoms. The molecule has 1 saturated heterocycles. The van der Waals surface area contributed by atoms with E-state index in [1.165, 1.54) is 4.90 Å². The number of carbonyl (C=O) groups excluding carboxylic acids is 3. The van der Waals surface area contributed by atoms with Gasteiger partial charge in [-0.1, -0.05) is 79.2 Å². The number of ether oxygens (including phenoxy) is 1. The van der Waals surface area contributed by atoms with Gasteiger partial charge in [-0.3, -0.25) is 14.5 Å². The number of hydrogen-bond donors (Lipinski definition) is 1. The summed E-state index contributed by atoms with van der Waals surface area (Å²) in [5, 5.41) is 13.4. The number of amides is 1. The van der Waals surface area contributed by atoms with Crippen molar-refractivity contribution in [3.63, 3.8) is 0 Å². The fraction of sp³-hybridized carbons (Fsp3) is 0.156. The summed E-state index contributed by atoms with van der Waals surface area (Å²) in [4.78, 5) is 40.9. The number of aryl methyl sites for hydroxylation is 1. The summed E-state index contributed by atoms with van der Waals surface area (Å²) in [5.41, 5.74) is 2.68. The number of hydrogen-bond acceptors (Lipinski definition) is 5. The average molecular weight is 506 g/mol. The highest BCUT2D eigenvalue weighted by Crippen LogP contribution is 2.42. The van der Waals surface area contributed by atoms with Crippen LogP contribution in [0.4, 0.5) is 5.69 Å². The van der Waals surface area contributed by atoms with E-state index in [1.54, 1.807) is 36.4 Å². The molecule has 6 heteroatoms. The lowest BCUT2D eigenvalue weighted by atomic mass is 9.93. The monoisotopic (exact) mass is 505 g/mol. The van der Waals surface area contributed by atoms with Crippen LogP contribution < -0.4 is 4.90 Å². The smallest absolute Gasteiger partial charge is 0.338 e. The topological polar surface area (TPSA) is 83.9 Å². The third-order valence-electron chi connectivity index (χ3n) is 6.62. The minimum absolute atomic E-state index is 0.00477. The van der Waals surface area contributed by atoms with E-state index in [0.29, 0.717) is 23.2 Å². The molecule has 4 aromatic rings. The molecule has 1 aliphatic rings. The number of nitrogens with zero attached hydrogens (tertiary/aromatic N) is 1. The Bertz CT molecular complexity index is 1600. The summed E-state index contributed by atoms with van der Waals surface area (Å²) in [6.45, 7) is 4.10. The Kier molecular flexibility index (Phi) is 6.79. The molecule has 38 heavy (non-hydrogen) atoms. The second-order valence-corrected chi connectivity index (χ2v) is 9.33. The number of rotatable bonds is 6. The highest BCUT2D eigenvalue weighted by atomic mass is 16.5. The molecule has 5 rings (SSSR count). The lowest BCUT2D eigenvalue weighted by Gasteiger charge is -2.26. The molecule has 1 unspecified atom stereocenters. The Labute approximate surface area is 220 Å². The summed E-state index contributed by atoms with van der Waals surface area (Å²) < 4.78 is 5.26. The van der Waals surface area contributed by atoms with E-state index in [1.807, 2.05) is 68.4 Å². The number of Topliss-reactive ketones (excluding diaryl/α,β-unsaturated/α-hetero) is 1. The van der Waals surface area contributed by atoms with Crippen LogP contribution >= 0.6 is 0 Å². The van der Waals surface area contributed by atoms with Crippen molar-refractivity contribution >= 4 is 39.9 Å². The van der Waals surface area contributed by atoms with Crippen LogP contribution in [0.5, 0.6) is 0 Å². The zero-order valence-electron chi connectivity index (χ0n) is 21.2. The van der Waals surface area contributed by atoms with Crippen LogP contribution in [0.2, 0.25) is 0 Å². The maximum atomic E-state index is 13.5. The minimum Gasteiger partial charge on any atom is -0.507 e. The fourth-order valence-corrected chi connectivity index (χ4v) is 4.81. The van der Waals surface area contributed by atoms with Gasteiger partial charge in [0.25, 0.3) is 11.7 Å². The van der Waals surface area contributed by atoms with Crippen molar-refractivity contribution in [2.24, 2.45) is 0 Å². The molecule has 1 heterocycles. The Morgan fingerprint density at radius 2 is 1.63 bits per heavy atom. The summed E-state index contributed by atoms with van der Waals surface area (Å²) >= 11 is 0. The van der Waals surface area contributed by atoms with E-state index in [4.69, 9.17) is 4.74 Å². The summed E-state index contributed by atoms with van der Waals surface area (Å²) in [6.07, 6.45) is 0.683. The predicted molar refractivity (Wildman–Crippen MR) is 147 cm³/mol. The maximum Gasteiger partial charge on any atom is 0.338 e. The van der Waals surface area contributed by atoms with Gasteiger partial charge < -0.3 is 9.84 Å². The van der Waals surface area contributed by atoms with Crippen molar-refractivity contribution in [1.29, 1.82) is 0 Å². The zero-order chi connectivity index (χ0) is 26.8. The Balaban J connectivity index is 1.67. The second-order valence-electron chi connectivity index (χ2n) is 9.33. The number of carbonyl (C=O) groups is 3. The molecule has 0 aromatic heterocycles. The van der Waals surface area contributed by atoms with Crippen LogP contribution in [-0.2, 0) is 14.3 Å². The van der Waals surface area contributed by atoms with Crippen molar-refractivity contribution in [3.8, 4) is 0 Å². The van der Waals surface area contributed by atoms with Crippen LogP contribution in [0.15, 0.2) is 96.6 Å². The maximum absolute atomic E-state index is 13.5. The molecule has 1 atom stereocenters. The Morgan fingerprint density at radius 1 is 0.868 bits per heavy atom. The number of esters is 1. The van der Waals surface area contributed by atoms with Crippen LogP contribution in [0.3, 0.4) is 0 Å². The summed E-state index contributed by atoms with van der Waals surface area (Å²) in [7, 11) is 0. The van der Waals surface area contributed by atoms with E-state index in [-0.39, 0.29) is 23.5 Å². The molecular formula is C32H27NO5. The van der Waals surface area contributed by atoms with Gasteiger partial charge in [-0.15, -0.1) is 0 Å². The Morgan fingerprint density at radius 3 is 2.39 bits per heavy atom. The first-order valence-corrected chi connectivity index (χ1v) is 12.5. The molecule has 0 spiro atoms. The van der Waals surface area contributed by atoms with E-state index in [0.717, 1.165) is 16.3 Å². The third kappa shape index (κ3) is 4.57. The summed E-state index contributed by atoms with van der Waals surface area (Å²) in [6, 6.07) is 26.2. The lowest BCUT2D eigenvalue weighted by Crippen LogP contribution is -2.29. The molecule has 6 nitrogen and oxygen atoms in total. The molecule has 4 aromatic carbocycles. The van der Waals surface area contributed by atoms with Gasteiger partial charge in [0.1, 0.15) is 5.76 Å². The number of anilines is 1. The predicted octanol–water partition coefficient (Wildman–Crippen LogP) is 6.34. The van der Waals surface area contributed by atoms with Gasteiger partial charge in [-0.2, -0.15) is 0 Å². The number of ketones is 1. The van der Waals surface area contributed by atoms with Crippen molar-refractivity contribution in [1.82, 2.24) is 0 Å². The van der Waals surface area contributed by atoms with Crippen LogP contribution in [0, 0.1) is 6.92 Å². The lowest BCUT2D eigenvalue weighted by molar-refractivity contribution is -0.132. The highest BCUT2D eigenvalue weighted by Gasteiger charge is 2.47. The van der Waals surface area contributed by atoms with E-state index < -0.39 is 23.7 Å². The van der Waals surface area contributed by atoms with Crippen molar-refractivity contribution < 1.29 is 24.2 Å². The molecular weight excluding hydrogens is 478 g/mol. The van der Waals surface area contributed by atoms with Gasteiger partial charge in [0.15, 0.2) is 0 Å². The first kappa shape index (κ1) is 25.0. The Hall–Kier alpha value is -4.71. The standard InChI is InChI=1S/C32H27NO5/c1-3-16-38-32(37)25-12-7-13-26(19-25)33-28(23-11-6-8-20(2)17-23)27(30(35)31(33)36)29(34)24-15-14-21-9-4-5-10-22(21)18-24/h4-15,17-19,28,34H,3,16H2,1-2H3/b29-27-. The minimum atomic E-state index is -0.886. The van der Waals surface area contributed by atoms with E-state index >= 15 is 0 Å². The van der Waals surface area contributed by atoms with Gasteiger partial charge in [0, 0.05) is 11.3 Å². The second kappa shape index (κ2) is 10.3. The van der Waals surface area contributed by atoms with Gasteiger partial charge in [-0.25, -0.2) is 4.79 Å². The van der Waals surface area contributed by atoms with Crippen LogP contribution in [-0.4, -0.2) is 29.4 Å². The molecule has 0 saturated carbocycles. The highest BCUT2D eigenvalue weighted by molar-refractivity contribution is 6.51. The van der Waals surface area contributed by atoms with Crippen molar-refractivity contribution in [2.75, 3.05) is 11.5 Å². The number of fused-ring (bicyclic) bond motifs is 1. The molecule has 1 N–H and O–H groups in total. The molecule has 0 radical (unpaired) electrons. The fourth-order valence-electron chi connectivity index (χ4n) is 4.81. The number of aliphatic hydroxyl groups excluding tert-OH is 1. The number of aliphatic hydroxyl groups is 1. The largest absolute Gasteiger partial charge is 0.507 e. The van der Waals surface area contributed by atoms with Crippen molar-refractivity contribution in [2.45, 2.75) is 26.3 Å². The molecule has 0 aliphatic carbocycles. The third-order valence-corrected chi connectivity index (χ3v) is 6.62. The van der Waals surface area contributed by atoms with Crippen LogP contribution in [0.1, 0.15) is 46.4 Å². The van der Waals surface area contributed by atoms with Gasteiger partial charge in [0.05, 0.1) is 23.8 Å². The van der Waals surface area contributed by atoms with E-state index in [2.05, 4.69) is 0 Å². The molecule has 190 valence electrons. The normalized spacial score (nSPS) is 16.7. The van der Waals surface area contributed by atoms with Crippen molar-refractivity contribution in [3.05, 3.63) is 119 Å². The first-order valence-electron chi connectivity index (χ1n) is 12.5. The van der Waals surface area contributed by atoms with E-state index in [9.17, 15) is 19.5 Å². The average Bonchev–Trinajstić information content (AvgIpc) is 3.21. The number of benzene rings is 4. The quantitative estimate of drug-likeness (QED) is 0.143. The first-order chi connectivity index (χ1) is 18.4. The molecule has 1 amide bonds. The van der Waals surface area contributed by atoms with Gasteiger partial charge >= 0.3 is 5.97 Å². The molecule has 1 aliphatic heterocycles. The van der Waals surface area contributed by atoms with Crippen LogP contribution in [0.25, 0.3) is 16.5 Å². The molecule has 1 fully saturated rings. The summed E-state index contributed by atoms with van der Waals surface area (Å²) in [5.74, 6) is -2.32. The zero-order valence-corrected chi connectivity index (χ0v) is 21.2. The SMILES string of the molecule is CCCOC(=O)c1cccc(N2C(=O)C(=O)/C(=C(\O)c3ccc4ccccc4c3)C2c2cccc(C)c2)c1. The van der Waals surface area contributed by atoms with Gasteiger partial charge in [-0.05, 0) is 53.9 Å². The van der Waals surface area contributed by atoms with Gasteiger partial charge in [0.2, 0.25) is 0 Å².